The lowest BCUT2D eigenvalue weighted by molar-refractivity contribution is -0.152. The largest absolute Gasteiger partial charge is 0.480 e. The van der Waals surface area contributed by atoms with Crippen molar-refractivity contribution in [3.63, 3.8) is 0 Å². The van der Waals surface area contributed by atoms with Crippen LogP contribution in [0.15, 0.2) is 0 Å². The topological polar surface area (TPSA) is 86.7 Å². The first-order chi connectivity index (χ1) is 11.0. The molecule has 0 aromatic heterocycles. The summed E-state index contributed by atoms with van der Waals surface area (Å²) in [6, 6.07) is -0.624. The molecule has 4 atom stereocenters. The van der Waals surface area contributed by atoms with Crippen LogP contribution in [0, 0.1) is 11.8 Å². The van der Waals surface area contributed by atoms with Gasteiger partial charge in [-0.25, -0.2) is 4.79 Å². The van der Waals surface area contributed by atoms with Gasteiger partial charge in [-0.3, -0.25) is 9.59 Å². The predicted molar refractivity (Wildman–Crippen MR) is 85.7 cm³/mol. The normalized spacial score (nSPS) is 29.1. The predicted octanol–water partition coefficient (Wildman–Crippen LogP) is 1.78. The van der Waals surface area contributed by atoms with E-state index in [9.17, 15) is 19.5 Å². The number of rotatable bonds is 5. The molecule has 2 N–H and O–H groups in total. The van der Waals surface area contributed by atoms with Crippen molar-refractivity contribution in [3.8, 4) is 0 Å². The highest BCUT2D eigenvalue weighted by Gasteiger charge is 2.42. The van der Waals surface area contributed by atoms with Crippen molar-refractivity contribution in [2.75, 3.05) is 6.54 Å². The van der Waals surface area contributed by atoms with Crippen LogP contribution in [0.3, 0.4) is 0 Å². The second-order valence-corrected chi connectivity index (χ2v) is 6.84. The third kappa shape index (κ3) is 4.03. The van der Waals surface area contributed by atoms with E-state index in [0.717, 1.165) is 25.7 Å². The molecule has 6 heteroatoms. The van der Waals surface area contributed by atoms with E-state index in [-0.39, 0.29) is 29.7 Å². The zero-order chi connectivity index (χ0) is 17.0. The molecule has 1 aliphatic carbocycles. The van der Waals surface area contributed by atoms with Gasteiger partial charge in [0, 0.05) is 24.4 Å². The number of nitrogens with zero attached hydrogens (tertiary/aromatic N) is 1. The number of carbonyl (C=O) groups is 3. The van der Waals surface area contributed by atoms with Gasteiger partial charge in [-0.15, -0.1) is 0 Å². The average Bonchev–Trinajstić information content (AvgIpc) is 3.03. The molecular weight excluding hydrogens is 296 g/mol. The fourth-order valence-electron chi connectivity index (χ4n) is 3.69. The Labute approximate surface area is 137 Å². The molecule has 1 heterocycles. The van der Waals surface area contributed by atoms with Gasteiger partial charge in [-0.2, -0.15) is 0 Å². The van der Waals surface area contributed by atoms with E-state index >= 15 is 0 Å². The van der Waals surface area contributed by atoms with Crippen molar-refractivity contribution in [1.29, 1.82) is 0 Å². The molecule has 1 aliphatic heterocycles. The number of carboxylic acid groups (broad SMARTS) is 1. The molecule has 0 aromatic rings. The highest BCUT2D eigenvalue weighted by atomic mass is 16.4. The molecular formula is C17H28N2O4. The fourth-order valence-corrected chi connectivity index (χ4v) is 3.69. The smallest absolute Gasteiger partial charge is 0.326 e. The van der Waals surface area contributed by atoms with Crippen LogP contribution in [0.5, 0.6) is 0 Å². The lowest BCUT2D eigenvalue weighted by Crippen LogP contribution is -2.49. The molecule has 0 aromatic carbocycles. The standard InChI is InChI=1S/C17H28N2O4/c1-3-11(2)18-15(20)12-7-4-5-8-13(12)16(21)19-10-6-9-14(19)17(22)23/h11-14H,3-10H2,1-2H3,(H,18,20)(H,22,23). The van der Waals surface area contributed by atoms with Gasteiger partial charge in [-0.05, 0) is 39.0 Å². The molecule has 0 bridgehead atoms. The van der Waals surface area contributed by atoms with Crippen molar-refractivity contribution in [2.24, 2.45) is 11.8 Å². The Hall–Kier alpha value is -1.59. The Morgan fingerprint density at radius 3 is 2.39 bits per heavy atom. The Bertz CT molecular complexity index is 466. The number of hydrogen-bond acceptors (Lipinski definition) is 3. The highest BCUT2D eigenvalue weighted by molar-refractivity contribution is 5.90. The maximum Gasteiger partial charge on any atom is 0.326 e. The summed E-state index contributed by atoms with van der Waals surface area (Å²) < 4.78 is 0. The monoisotopic (exact) mass is 324 g/mol. The Morgan fingerprint density at radius 2 is 1.78 bits per heavy atom. The van der Waals surface area contributed by atoms with E-state index in [0.29, 0.717) is 25.8 Å². The number of nitrogens with one attached hydrogen (secondary N) is 1. The third-order valence-electron chi connectivity index (χ3n) is 5.24. The molecule has 2 rings (SSSR count). The van der Waals surface area contributed by atoms with Crippen LogP contribution in [0.25, 0.3) is 0 Å². The Balaban J connectivity index is 2.09. The summed E-state index contributed by atoms with van der Waals surface area (Å²) in [6.07, 6.45) is 5.35. The lowest BCUT2D eigenvalue weighted by atomic mass is 9.77. The maximum absolute atomic E-state index is 12.9. The molecule has 6 nitrogen and oxygen atoms in total. The summed E-state index contributed by atoms with van der Waals surface area (Å²) in [5.74, 6) is -1.82. The summed E-state index contributed by atoms with van der Waals surface area (Å²) >= 11 is 0. The fraction of sp³-hybridized carbons (Fsp3) is 0.824. The minimum atomic E-state index is -0.938. The third-order valence-corrected chi connectivity index (χ3v) is 5.24. The van der Waals surface area contributed by atoms with Crippen molar-refractivity contribution in [2.45, 2.75) is 70.9 Å². The Morgan fingerprint density at radius 1 is 1.13 bits per heavy atom. The van der Waals surface area contributed by atoms with Gasteiger partial charge >= 0.3 is 5.97 Å². The number of carboxylic acids is 1. The summed E-state index contributed by atoms with van der Waals surface area (Å²) in [6.45, 7) is 4.46. The van der Waals surface area contributed by atoms with Gasteiger partial charge < -0.3 is 15.3 Å². The number of carbonyl (C=O) groups excluding carboxylic acids is 2. The van der Waals surface area contributed by atoms with Crippen LogP contribution >= 0.6 is 0 Å². The van der Waals surface area contributed by atoms with E-state index in [1.54, 1.807) is 0 Å². The van der Waals surface area contributed by atoms with Gasteiger partial charge in [0.05, 0.1) is 0 Å². The van der Waals surface area contributed by atoms with Crippen LogP contribution in [-0.2, 0) is 14.4 Å². The minimum Gasteiger partial charge on any atom is -0.480 e. The number of hydrogen-bond donors (Lipinski definition) is 2. The minimum absolute atomic E-state index is 0.0523. The first kappa shape index (κ1) is 17.8. The second-order valence-electron chi connectivity index (χ2n) is 6.84. The van der Waals surface area contributed by atoms with E-state index in [1.807, 2.05) is 13.8 Å². The van der Waals surface area contributed by atoms with Gasteiger partial charge in [0.15, 0.2) is 0 Å². The quantitative estimate of drug-likeness (QED) is 0.807. The van der Waals surface area contributed by atoms with Gasteiger partial charge in [-0.1, -0.05) is 19.8 Å². The maximum atomic E-state index is 12.9. The second kappa shape index (κ2) is 7.79. The SMILES string of the molecule is CCC(C)NC(=O)C1CCCCC1C(=O)N1CCCC1C(=O)O. The lowest BCUT2D eigenvalue weighted by Gasteiger charge is -2.34. The van der Waals surface area contributed by atoms with Crippen LogP contribution < -0.4 is 5.32 Å². The number of likely N-dealkylation sites (tertiary alicyclic amines) is 1. The zero-order valence-electron chi connectivity index (χ0n) is 14.1. The van der Waals surface area contributed by atoms with Crippen LogP contribution in [0.1, 0.15) is 58.8 Å². The Kier molecular flexibility index (Phi) is 6.02. The van der Waals surface area contributed by atoms with Crippen LogP contribution in [0.4, 0.5) is 0 Å². The molecule has 2 amide bonds. The van der Waals surface area contributed by atoms with Crippen molar-refractivity contribution >= 4 is 17.8 Å². The highest BCUT2D eigenvalue weighted by Crippen LogP contribution is 2.33. The van der Waals surface area contributed by atoms with Crippen LogP contribution in [0.2, 0.25) is 0 Å². The molecule has 2 fully saturated rings. The molecule has 4 unspecified atom stereocenters. The van der Waals surface area contributed by atoms with Gasteiger partial charge in [0.1, 0.15) is 6.04 Å². The molecule has 2 aliphatic rings. The van der Waals surface area contributed by atoms with E-state index in [4.69, 9.17) is 0 Å². The molecule has 23 heavy (non-hydrogen) atoms. The molecule has 1 saturated carbocycles. The first-order valence-corrected chi connectivity index (χ1v) is 8.79. The molecule has 0 spiro atoms. The van der Waals surface area contributed by atoms with Crippen LogP contribution in [-0.4, -0.2) is 46.4 Å². The summed E-state index contributed by atoms with van der Waals surface area (Å²) in [5, 5.41) is 12.3. The molecule has 130 valence electrons. The average molecular weight is 324 g/mol. The molecule has 1 saturated heterocycles. The summed E-state index contributed by atoms with van der Waals surface area (Å²) in [4.78, 5) is 38.2. The summed E-state index contributed by atoms with van der Waals surface area (Å²) in [7, 11) is 0. The van der Waals surface area contributed by atoms with Crippen molar-refractivity contribution in [3.05, 3.63) is 0 Å². The number of aliphatic carboxylic acids is 1. The van der Waals surface area contributed by atoms with E-state index in [1.165, 1.54) is 4.90 Å². The van der Waals surface area contributed by atoms with Gasteiger partial charge in [0.2, 0.25) is 11.8 Å². The van der Waals surface area contributed by atoms with Gasteiger partial charge in [0.25, 0.3) is 0 Å². The van der Waals surface area contributed by atoms with Crippen molar-refractivity contribution in [1.82, 2.24) is 10.2 Å². The zero-order valence-corrected chi connectivity index (χ0v) is 14.1. The number of amides is 2. The van der Waals surface area contributed by atoms with E-state index in [2.05, 4.69) is 5.32 Å². The summed E-state index contributed by atoms with van der Waals surface area (Å²) in [5.41, 5.74) is 0. The molecule has 0 radical (unpaired) electrons. The van der Waals surface area contributed by atoms with E-state index < -0.39 is 12.0 Å². The van der Waals surface area contributed by atoms with Crippen molar-refractivity contribution < 1.29 is 19.5 Å². The first-order valence-electron chi connectivity index (χ1n) is 8.79.